The number of alkyl halides is 10. The highest BCUT2D eigenvalue weighted by Gasteiger charge is 2.32. The maximum absolute atomic E-state index is 14.0. The molecule has 0 aliphatic carbocycles. The van der Waals surface area contributed by atoms with Crippen molar-refractivity contribution in [3.63, 3.8) is 0 Å². The molecule has 1 N–H and O–H groups in total. The van der Waals surface area contributed by atoms with Crippen molar-refractivity contribution in [2.45, 2.75) is 25.6 Å². The van der Waals surface area contributed by atoms with E-state index in [1.807, 2.05) is 0 Å². The summed E-state index contributed by atoms with van der Waals surface area (Å²) >= 11 is 5.21. The van der Waals surface area contributed by atoms with E-state index in [0.29, 0.717) is 12.1 Å². The van der Waals surface area contributed by atoms with Crippen LogP contribution in [-0.4, -0.2) is 29.0 Å². The highest BCUT2D eigenvalue weighted by atomic mass is 35.5. The van der Waals surface area contributed by atoms with Gasteiger partial charge in [0.2, 0.25) is 0 Å². The first-order chi connectivity index (χ1) is 23.2. The van der Waals surface area contributed by atoms with Crippen LogP contribution in [0.1, 0.15) is 44.7 Å². The van der Waals surface area contributed by atoms with Crippen LogP contribution >= 0.6 is 11.6 Å². The minimum Gasteiger partial charge on any atom is -0.477 e. The standard InChI is InChI=1S/C15H7ClF6O3.C15H8F6O4/c16-13(23)11-10(6-5-9(12(11)17)14(18)19)24-7-1-3-8(4-2-7)25-15(20,21)22;16-12-9(13(17)18)5-6-10(11(12)14(22)23)24-7-1-3-8(4-2-7)25-15(19,20)21/h1-6,14H;1-6,13H,(H,22,23). The zero-order valence-electron chi connectivity index (χ0n) is 23.9. The summed E-state index contributed by atoms with van der Waals surface area (Å²) in [5.41, 5.74) is -4.17. The summed E-state index contributed by atoms with van der Waals surface area (Å²) in [4.78, 5) is 22.4. The second kappa shape index (κ2) is 15.9. The Bertz CT molecular complexity index is 1680. The van der Waals surface area contributed by atoms with Crippen LogP contribution in [0.2, 0.25) is 0 Å². The Labute approximate surface area is 276 Å². The molecule has 0 fully saturated rings. The average molecular weight is 751 g/mol. The number of carboxylic acids is 1. The van der Waals surface area contributed by atoms with Gasteiger partial charge in [-0.2, -0.15) is 0 Å². The molecule has 4 aromatic rings. The summed E-state index contributed by atoms with van der Waals surface area (Å²) in [5, 5.41) is 7.62. The lowest BCUT2D eigenvalue weighted by Crippen LogP contribution is -2.16. The molecule has 0 atom stereocenters. The van der Waals surface area contributed by atoms with E-state index in [4.69, 9.17) is 26.2 Å². The SMILES string of the molecule is O=C(Cl)c1c(Oc2ccc(OC(F)(F)F)cc2)ccc(C(F)F)c1F.O=C(O)c1c(Oc2ccc(OC(F)(F)F)cc2)ccc(C(F)F)c1F. The molecule has 0 aliphatic rings. The van der Waals surface area contributed by atoms with Crippen molar-refractivity contribution in [3.05, 3.63) is 107 Å². The van der Waals surface area contributed by atoms with Crippen molar-refractivity contribution in [3.8, 4) is 34.5 Å². The van der Waals surface area contributed by atoms with Crippen LogP contribution in [0, 0.1) is 11.6 Å². The van der Waals surface area contributed by atoms with Crippen molar-refractivity contribution in [2.75, 3.05) is 0 Å². The highest BCUT2D eigenvalue weighted by molar-refractivity contribution is 6.68. The van der Waals surface area contributed by atoms with Crippen molar-refractivity contribution in [1.82, 2.24) is 0 Å². The normalized spacial score (nSPS) is 11.5. The van der Waals surface area contributed by atoms with E-state index in [9.17, 15) is 62.3 Å². The Hall–Kier alpha value is -5.33. The highest BCUT2D eigenvalue weighted by Crippen LogP contribution is 2.36. The molecule has 0 aromatic heterocycles. The summed E-state index contributed by atoms with van der Waals surface area (Å²) < 4.78 is 168. The zero-order chi connectivity index (χ0) is 37.6. The molecule has 7 nitrogen and oxygen atoms in total. The van der Waals surface area contributed by atoms with Crippen molar-refractivity contribution >= 4 is 22.8 Å². The number of benzene rings is 4. The largest absolute Gasteiger partial charge is 0.573 e. The minimum absolute atomic E-state index is 0.0992. The summed E-state index contributed by atoms with van der Waals surface area (Å²) in [6.07, 6.45) is -16.2. The Morgan fingerprint density at radius 1 is 0.560 bits per heavy atom. The van der Waals surface area contributed by atoms with Crippen LogP contribution in [0.15, 0.2) is 72.8 Å². The van der Waals surface area contributed by atoms with Gasteiger partial charge in [-0.1, -0.05) is 0 Å². The molecule has 0 bridgehead atoms. The molecule has 0 amide bonds. The molecular weight excluding hydrogens is 736 g/mol. The molecular formula is C30H15ClF12O7. The van der Waals surface area contributed by atoms with Gasteiger partial charge >= 0.3 is 18.7 Å². The smallest absolute Gasteiger partial charge is 0.477 e. The lowest BCUT2D eigenvalue weighted by molar-refractivity contribution is -0.275. The van der Waals surface area contributed by atoms with Gasteiger partial charge in [-0.15, -0.1) is 26.3 Å². The fourth-order valence-corrected chi connectivity index (χ4v) is 3.89. The Balaban J connectivity index is 0.000000270. The van der Waals surface area contributed by atoms with Gasteiger partial charge in [-0.05, 0) is 84.4 Å². The van der Waals surface area contributed by atoms with Crippen LogP contribution in [0.5, 0.6) is 34.5 Å². The molecule has 0 radical (unpaired) electrons. The van der Waals surface area contributed by atoms with Crippen molar-refractivity contribution in [1.29, 1.82) is 0 Å². The first kappa shape index (κ1) is 39.1. The van der Waals surface area contributed by atoms with Gasteiger partial charge in [0.15, 0.2) is 0 Å². The van der Waals surface area contributed by atoms with E-state index < -0.39 is 93.7 Å². The van der Waals surface area contributed by atoms with Crippen LogP contribution < -0.4 is 18.9 Å². The van der Waals surface area contributed by atoms with E-state index >= 15 is 0 Å². The summed E-state index contributed by atoms with van der Waals surface area (Å²) in [6, 6.07) is 10.8. The molecule has 0 spiro atoms. The molecule has 20 heteroatoms. The topological polar surface area (TPSA) is 91.3 Å². The number of aromatic carboxylic acids is 1. The number of halogens is 13. The van der Waals surface area contributed by atoms with Gasteiger partial charge < -0.3 is 24.1 Å². The quantitative estimate of drug-likeness (QED) is 0.127. The van der Waals surface area contributed by atoms with Gasteiger partial charge in [-0.3, -0.25) is 4.79 Å². The maximum Gasteiger partial charge on any atom is 0.573 e. The number of hydrogen-bond acceptors (Lipinski definition) is 6. The molecule has 0 aliphatic heterocycles. The van der Waals surface area contributed by atoms with Gasteiger partial charge in [-0.25, -0.2) is 31.1 Å². The molecule has 4 aromatic carbocycles. The average Bonchev–Trinajstić information content (AvgIpc) is 2.97. The second-order valence-electron chi connectivity index (χ2n) is 9.11. The molecule has 0 heterocycles. The van der Waals surface area contributed by atoms with E-state index in [2.05, 4.69) is 9.47 Å². The number of carbonyl (C=O) groups excluding carboxylic acids is 1. The lowest BCUT2D eigenvalue weighted by atomic mass is 10.1. The third-order valence-electron chi connectivity index (χ3n) is 5.72. The molecule has 268 valence electrons. The Morgan fingerprint density at radius 3 is 1.18 bits per heavy atom. The van der Waals surface area contributed by atoms with E-state index in [1.165, 1.54) is 0 Å². The Morgan fingerprint density at radius 2 is 0.880 bits per heavy atom. The van der Waals surface area contributed by atoms with Crippen molar-refractivity contribution in [2.24, 2.45) is 0 Å². The number of rotatable bonds is 10. The fraction of sp³-hybridized carbons (Fsp3) is 0.133. The van der Waals surface area contributed by atoms with Gasteiger partial charge in [0.05, 0.1) is 11.1 Å². The Kier molecular flexibility index (Phi) is 12.5. The summed E-state index contributed by atoms with van der Waals surface area (Å²) in [7, 11) is 0. The molecule has 4 rings (SSSR count). The van der Waals surface area contributed by atoms with Crippen molar-refractivity contribution < 1.29 is 86.3 Å². The number of ether oxygens (including phenoxy) is 4. The van der Waals surface area contributed by atoms with Crippen LogP contribution in [0.4, 0.5) is 52.7 Å². The van der Waals surface area contributed by atoms with Gasteiger partial charge in [0, 0.05) is 0 Å². The van der Waals surface area contributed by atoms with E-state index in [0.717, 1.165) is 60.7 Å². The third-order valence-corrected chi connectivity index (χ3v) is 5.91. The number of carbonyl (C=O) groups is 2. The maximum atomic E-state index is 14.0. The van der Waals surface area contributed by atoms with Crippen LogP contribution in [0.25, 0.3) is 0 Å². The molecule has 0 saturated heterocycles. The zero-order valence-corrected chi connectivity index (χ0v) is 24.6. The lowest BCUT2D eigenvalue weighted by Gasteiger charge is -2.13. The first-order valence-corrected chi connectivity index (χ1v) is 13.3. The van der Waals surface area contributed by atoms with E-state index in [-0.39, 0.29) is 11.5 Å². The van der Waals surface area contributed by atoms with Crippen LogP contribution in [0.3, 0.4) is 0 Å². The summed E-state index contributed by atoms with van der Waals surface area (Å²) in [6.45, 7) is 0. The second-order valence-corrected chi connectivity index (χ2v) is 9.45. The number of hydrogen-bond donors (Lipinski definition) is 1. The van der Waals surface area contributed by atoms with Crippen LogP contribution in [-0.2, 0) is 0 Å². The number of carboxylic acid groups (broad SMARTS) is 1. The predicted octanol–water partition coefficient (Wildman–Crippen LogP) is 11.0. The predicted molar refractivity (Wildman–Crippen MR) is 146 cm³/mol. The molecule has 50 heavy (non-hydrogen) atoms. The third kappa shape index (κ3) is 10.8. The fourth-order valence-electron chi connectivity index (χ4n) is 3.71. The summed E-state index contributed by atoms with van der Waals surface area (Å²) in [5.74, 6) is -7.43. The van der Waals surface area contributed by atoms with Gasteiger partial charge in [0.25, 0.3) is 18.1 Å². The molecule has 0 unspecified atom stereocenters. The minimum atomic E-state index is -4.90. The van der Waals surface area contributed by atoms with E-state index in [1.54, 1.807) is 0 Å². The first-order valence-electron chi connectivity index (χ1n) is 12.9. The monoisotopic (exact) mass is 750 g/mol. The molecule has 0 saturated carbocycles. The van der Waals surface area contributed by atoms with Gasteiger partial charge in [0.1, 0.15) is 57.3 Å².